The Balaban J connectivity index is 1.75. The zero-order valence-corrected chi connectivity index (χ0v) is 20.2. The van der Waals surface area contributed by atoms with Crippen LogP contribution in [0.2, 0.25) is 0 Å². The smallest absolute Gasteiger partial charge is 0.137 e. The van der Waals surface area contributed by atoms with Crippen LogP contribution in [0.3, 0.4) is 0 Å². The van der Waals surface area contributed by atoms with E-state index >= 15 is 0 Å². The molecule has 0 saturated carbocycles. The number of nitrogens with zero attached hydrogens (tertiary/aromatic N) is 6. The number of pyridine rings is 1. The van der Waals surface area contributed by atoms with Crippen LogP contribution in [0.1, 0.15) is 37.7 Å². The van der Waals surface area contributed by atoms with Gasteiger partial charge in [-0.05, 0) is 63.7 Å². The van der Waals surface area contributed by atoms with Gasteiger partial charge >= 0.3 is 0 Å². The standard InChI is InChI=1S/C26H35FN6/c1-5-25-24(19-32(20(2)3)18-22-8-6-7-13-28-22)26(31-16-14-30(4)15-17-31)33(29-25)23-11-9-21(27)10-12-23/h6-13,20H,5,14-19H2,1-4H3. The van der Waals surface area contributed by atoms with Crippen LogP contribution in [0.4, 0.5) is 10.2 Å². The quantitative estimate of drug-likeness (QED) is 0.516. The number of piperazine rings is 1. The molecule has 1 aromatic carbocycles. The summed E-state index contributed by atoms with van der Waals surface area (Å²) >= 11 is 0. The summed E-state index contributed by atoms with van der Waals surface area (Å²) < 4.78 is 15.7. The van der Waals surface area contributed by atoms with E-state index in [9.17, 15) is 4.39 Å². The van der Waals surface area contributed by atoms with E-state index in [-0.39, 0.29) is 5.82 Å². The third kappa shape index (κ3) is 5.42. The summed E-state index contributed by atoms with van der Waals surface area (Å²) in [4.78, 5) is 11.8. The SMILES string of the molecule is CCc1nn(-c2ccc(F)cc2)c(N2CCN(C)CC2)c1CN(Cc1ccccn1)C(C)C. The highest BCUT2D eigenvalue weighted by atomic mass is 19.1. The van der Waals surface area contributed by atoms with E-state index in [1.165, 1.54) is 17.7 Å². The first kappa shape index (κ1) is 23.4. The molecule has 4 rings (SSSR count). The largest absolute Gasteiger partial charge is 0.354 e. The van der Waals surface area contributed by atoms with Gasteiger partial charge in [-0.15, -0.1) is 0 Å². The van der Waals surface area contributed by atoms with Crippen LogP contribution in [-0.2, 0) is 19.5 Å². The molecule has 3 aromatic rings. The second kappa shape index (κ2) is 10.4. The van der Waals surface area contributed by atoms with Gasteiger partial charge in [-0.1, -0.05) is 13.0 Å². The van der Waals surface area contributed by atoms with E-state index in [4.69, 9.17) is 5.10 Å². The third-order valence-electron chi connectivity index (χ3n) is 6.43. The molecule has 1 fully saturated rings. The number of rotatable bonds is 8. The molecule has 3 heterocycles. The highest BCUT2D eigenvalue weighted by Gasteiger charge is 2.27. The molecule has 0 bridgehead atoms. The number of likely N-dealkylation sites (N-methyl/N-ethyl adjacent to an activating group) is 1. The lowest BCUT2D eigenvalue weighted by molar-refractivity contribution is 0.200. The molecule has 0 unspecified atom stereocenters. The van der Waals surface area contributed by atoms with E-state index in [2.05, 4.69) is 53.6 Å². The van der Waals surface area contributed by atoms with E-state index in [1.807, 2.05) is 35.1 Å². The minimum Gasteiger partial charge on any atom is -0.354 e. The van der Waals surface area contributed by atoms with Gasteiger partial charge in [0, 0.05) is 57.1 Å². The maximum Gasteiger partial charge on any atom is 0.137 e. The summed E-state index contributed by atoms with van der Waals surface area (Å²) in [5.74, 6) is 0.905. The topological polar surface area (TPSA) is 40.4 Å². The predicted molar refractivity (Wildman–Crippen MR) is 131 cm³/mol. The van der Waals surface area contributed by atoms with Crippen LogP contribution < -0.4 is 4.90 Å². The number of anilines is 1. The molecular formula is C26H35FN6. The van der Waals surface area contributed by atoms with Gasteiger partial charge in [0.2, 0.25) is 0 Å². The molecule has 176 valence electrons. The molecule has 0 aliphatic carbocycles. The number of halogens is 1. The van der Waals surface area contributed by atoms with Gasteiger partial charge in [0.25, 0.3) is 0 Å². The highest BCUT2D eigenvalue weighted by molar-refractivity contribution is 5.56. The van der Waals surface area contributed by atoms with Crippen molar-refractivity contribution in [3.05, 3.63) is 71.4 Å². The maximum atomic E-state index is 13.7. The third-order valence-corrected chi connectivity index (χ3v) is 6.43. The number of benzene rings is 1. The van der Waals surface area contributed by atoms with Gasteiger partial charge in [-0.3, -0.25) is 9.88 Å². The molecule has 0 spiro atoms. The van der Waals surface area contributed by atoms with Crippen molar-refractivity contribution in [3.8, 4) is 5.69 Å². The molecule has 0 amide bonds. The van der Waals surface area contributed by atoms with Crippen molar-refractivity contribution < 1.29 is 4.39 Å². The lowest BCUT2D eigenvalue weighted by atomic mass is 10.1. The normalized spacial score (nSPS) is 15.1. The molecule has 0 N–H and O–H groups in total. The van der Waals surface area contributed by atoms with Gasteiger partial charge in [0.05, 0.1) is 17.1 Å². The van der Waals surface area contributed by atoms with Crippen LogP contribution in [0, 0.1) is 5.82 Å². The predicted octanol–water partition coefficient (Wildman–Crippen LogP) is 4.13. The molecule has 7 heteroatoms. The zero-order chi connectivity index (χ0) is 23.4. The summed E-state index contributed by atoms with van der Waals surface area (Å²) in [6.07, 6.45) is 2.70. The fourth-order valence-electron chi connectivity index (χ4n) is 4.36. The van der Waals surface area contributed by atoms with Crippen molar-refractivity contribution in [3.63, 3.8) is 0 Å². The first-order valence-corrected chi connectivity index (χ1v) is 11.9. The first-order chi connectivity index (χ1) is 16.0. The van der Waals surface area contributed by atoms with Gasteiger partial charge < -0.3 is 9.80 Å². The van der Waals surface area contributed by atoms with Crippen LogP contribution >= 0.6 is 0 Å². The number of aryl methyl sites for hydroxylation is 1. The van der Waals surface area contributed by atoms with Crippen LogP contribution in [0.25, 0.3) is 5.69 Å². The lowest BCUT2D eigenvalue weighted by Gasteiger charge is -2.35. The van der Waals surface area contributed by atoms with Crippen molar-refractivity contribution in [2.24, 2.45) is 0 Å². The van der Waals surface area contributed by atoms with Gasteiger partial charge in [0.15, 0.2) is 0 Å². The molecule has 0 radical (unpaired) electrons. The van der Waals surface area contributed by atoms with E-state index in [0.717, 1.165) is 68.6 Å². The van der Waals surface area contributed by atoms with Crippen molar-refractivity contribution in [2.45, 2.75) is 46.3 Å². The van der Waals surface area contributed by atoms with Crippen LogP contribution in [0.15, 0.2) is 48.7 Å². The summed E-state index contributed by atoms with van der Waals surface area (Å²) in [5.41, 5.74) is 4.32. The zero-order valence-electron chi connectivity index (χ0n) is 20.2. The molecular weight excluding hydrogens is 415 g/mol. The fraction of sp³-hybridized carbons (Fsp3) is 0.462. The summed E-state index contributed by atoms with van der Waals surface area (Å²) in [7, 11) is 2.17. The highest BCUT2D eigenvalue weighted by Crippen LogP contribution is 2.31. The minimum absolute atomic E-state index is 0.232. The average molecular weight is 451 g/mol. The van der Waals surface area contributed by atoms with Gasteiger partial charge in [-0.25, -0.2) is 9.07 Å². The number of hydrogen-bond donors (Lipinski definition) is 0. The van der Waals surface area contributed by atoms with Crippen molar-refractivity contribution in [1.82, 2.24) is 24.6 Å². The Morgan fingerprint density at radius 2 is 1.73 bits per heavy atom. The number of hydrogen-bond acceptors (Lipinski definition) is 5. The van der Waals surface area contributed by atoms with Crippen molar-refractivity contribution in [2.75, 3.05) is 38.1 Å². The Kier molecular flexibility index (Phi) is 7.40. The summed E-state index contributed by atoms with van der Waals surface area (Å²) in [6, 6.07) is 13.1. The second-order valence-corrected chi connectivity index (χ2v) is 9.10. The monoisotopic (exact) mass is 450 g/mol. The molecule has 33 heavy (non-hydrogen) atoms. The van der Waals surface area contributed by atoms with Crippen LogP contribution in [-0.4, -0.2) is 63.8 Å². The van der Waals surface area contributed by atoms with Crippen molar-refractivity contribution in [1.29, 1.82) is 0 Å². The van der Waals surface area contributed by atoms with Gasteiger partial charge in [-0.2, -0.15) is 5.10 Å². The fourth-order valence-corrected chi connectivity index (χ4v) is 4.36. The molecule has 0 atom stereocenters. The first-order valence-electron chi connectivity index (χ1n) is 11.9. The van der Waals surface area contributed by atoms with E-state index in [0.29, 0.717) is 6.04 Å². The number of aromatic nitrogens is 3. The molecule has 1 saturated heterocycles. The Labute approximate surface area is 196 Å². The summed E-state index contributed by atoms with van der Waals surface area (Å²) in [6.45, 7) is 12.1. The Bertz CT molecular complexity index is 1020. The molecule has 1 aliphatic heterocycles. The van der Waals surface area contributed by atoms with Crippen LogP contribution in [0.5, 0.6) is 0 Å². The average Bonchev–Trinajstić information content (AvgIpc) is 3.18. The Morgan fingerprint density at radius 3 is 2.33 bits per heavy atom. The Hall–Kier alpha value is -2.77. The minimum atomic E-state index is -0.232. The molecule has 2 aromatic heterocycles. The van der Waals surface area contributed by atoms with Crippen molar-refractivity contribution >= 4 is 5.82 Å². The van der Waals surface area contributed by atoms with Gasteiger partial charge in [0.1, 0.15) is 11.6 Å². The Morgan fingerprint density at radius 1 is 1.00 bits per heavy atom. The lowest BCUT2D eigenvalue weighted by Crippen LogP contribution is -2.45. The van der Waals surface area contributed by atoms with E-state index in [1.54, 1.807) is 0 Å². The molecule has 1 aliphatic rings. The molecule has 6 nitrogen and oxygen atoms in total. The van der Waals surface area contributed by atoms with E-state index < -0.39 is 0 Å². The second-order valence-electron chi connectivity index (χ2n) is 9.10. The summed E-state index contributed by atoms with van der Waals surface area (Å²) in [5, 5.41) is 5.04. The maximum absolute atomic E-state index is 13.7.